The van der Waals surface area contributed by atoms with E-state index < -0.39 is 0 Å². The minimum Gasteiger partial charge on any atom is -0.493 e. The van der Waals surface area contributed by atoms with Crippen molar-refractivity contribution >= 4 is 46.3 Å². The predicted octanol–water partition coefficient (Wildman–Crippen LogP) is 5.73. The molecule has 0 saturated carbocycles. The summed E-state index contributed by atoms with van der Waals surface area (Å²) < 4.78 is 11.5. The highest BCUT2D eigenvalue weighted by atomic mass is 35.5. The number of hydrogen-bond acceptors (Lipinski definition) is 7. The topological polar surface area (TPSA) is 85.7 Å². The van der Waals surface area contributed by atoms with Gasteiger partial charge in [-0.2, -0.15) is 5.10 Å². The van der Waals surface area contributed by atoms with Crippen LogP contribution < -0.4 is 14.9 Å². The van der Waals surface area contributed by atoms with Crippen molar-refractivity contribution in [1.82, 2.24) is 15.4 Å². The van der Waals surface area contributed by atoms with Crippen molar-refractivity contribution < 1.29 is 14.3 Å². The van der Waals surface area contributed by atoms with Crippen LogP contribution in [0.25, 0.3) is 10.8 Å². The van der Waals surface area contributed by atoms with Gasteiger partial charge in [-0.15, -0.1) is 0 Å². The summed E-state index contributed by atoms with van der Waals surface area (Å²) in [6.45, 7) is 4.12. The van der Waals surface area contributed by atoms with E-state index in [1.54, 1.807) is 19.2 Å². The first kappa shape index (κ1) is 25.5. The summed E-state index contributed by atoms with van der Waals surface area (Å²) in [7, 11) is 1.55. The minimum absolute atomic E-state index is 0.145. The van der Waals surface area contributed by atoms with E-state index in [0.29, 0.717) is 33.8 Å². The molecule has 0 atom stereocenters. The van der Waals surface area contributed by atoms with Crippen molar-refractivity contribution in [2.24, 2.45) is 5.10 Å². The Kier molecular flexibility index (Phi) is 8.40. The molecule has 0 saturated heterocycles. The van der Waals surface area contributed by atoms with E-state index >= 15 is 0 Å². The number of ether oxygens (including phenoxy) is 2. The van der Waals surface area contributed by atoms with Crippen molar-refractivity contribution in [3.05, 3.63) is 88.2 Å². The van der Waals surface area contributed by atoms with Crippen molar-refractivity contribution in [2.75, 3.05) is 12.9 Å². The third-order valence-electron chi connectivity index (χ3n) is 5.15. The maximum absolute atomic E-state index is 12.2. The Hall–Kier alpha value is -3.62. The number of carbonyl (C=O) groups excluding carboxylic acids is 1. The molecule has 0 aliphatic rings. The van der Waals surface area contributed by atoms with Gasteiger partial charge in [0.15, 0.2) is 16.7 Å². The SMILES string of the molecule is COc1cc(/C=N\NC(=O)CSc2nc(C)cc(C)n2)cc(Cl)c1OCc1ccc2ccccc2c1. The van der Waals surface area contributed by atoms with Crippen LogP contribution in [0.1, 0.15) is 22.5 Å². The fourth-order valence-electron chi connectivity index (χ4n) is 3.54. The Morgan fingerprint density at radius 2 is 1.81 bits per heavy atom. The van der Waals surface area contributed by atoms with Crippen molar-refractivity contribution in [3.63, 3.8) is 0 Å². The van der Waals surface area contributed by atoms with Gasteiger partial charge < -0.3 is 9.47 Å². The van der Waals surface area contributed by atoms with Crippen LogP contribution in [-0.4, -0.2) is 35.0 Å². The monoisotopic (exact) mass is 520 g/mol. The number of fused-ring (bicyclic) bond motifs is 1. The van der Waals surface area contributed by atoms with Crippen LogP contribution in [0.15, 0.2) is 70.9 Å². The van der Waals surface area contributed by atoms with Gasteiger partial charge >= 0.3 is 0 Å². The van der Waals surface area contributed by atoms with Crippen LogP contribution in [0.3, 0.4) is 0 Å². The van der Waals surface area contributed by atoms with Gasteiger partial charge in [0.05, 0.1) is 24.1 Å². The number of aromatic nitrogens is 2. The summed E-state index contributed by atoms with van der Waals surface area (Å²) in [4.78, 5) is 20.8. The molecule has 4 aromatic rings. The number of aryl methyl sites for hydroxylation is 2. The van der Waals surface area contributed by atoms with E-state index in [-0.39, 0.29) is 11.7 Å². The van der Waals surface area contributed by atoms with E-state index in [0.717, 1.165) is 22.3 Å². The van der Waals surface area contributed by atoms with Gasteiger partial charge in [-0.05, 0) is 60.0 Å². The van der Waals surface area contributed by atoms with Gasteiger partial charge in [-0.3, -0.25) is 4.79 Å². The Morgan fingerprint density at radius 3 is 2.56 bits per heavy atom. The molecule has 1 aromatic heterocycles. The summed E-state index contributed by atoms with van der Waals surface area (Å²) >= 11 is 7.74. The van der Waals surface area contributed by atoms with Gasteiger partial charge in [-0.25, -0.2) is 15.4 Å². The van der Waals surface area contributed by atoms with Crippen LogP contribution in [0.4, 0.5) is 0 Å². The van der Waals surface area contributed by atoms with E-state index in [9.17, 15) is 4.79 Å². The molecule has 3 aromatic carbocycles. The minimum atomic E-state index is -0.271. The second-order valence-electron chi connectivity index (χ2n) is 8.02. The molecule has 0 aliphatic carbocycles. The molecule has 0 aliphatic heterocycles. The highest BCUT2D eigenvalue weighted by molar-refractivity contribution is 7.99. The van der Waals surface area contributed by atoms with Gasteiger partial charge in [0.1, 0.15) is 6.61 Å². The summed E-state index contributed by atoms with van der Waals surface area (Å²) in [5.74, 6) is 0.788. The Morgan fingerprint density at radius 1 is 1.06 bits per heavy atom. The molecule has 4 rings (SSSR count). The first-order chi connectivity index (χ1) is 17.4. The average Bonchev–Trinajstić information content (AvgIpc) is 2.86. The van der Waals surface area contributed by atoms with Crippen LogP contribution in [0, 0.1) is 13.8 Å². The smallest absolute Gasteiger partial charge is 0.250 e. The molecular weight excluding hydrogens is 496 g/mol. The molecular formula is C27H25ClN4O3S. The van der Waals surface area contributed by atoms with Crippen molar-refractivity contribution in [3.8, 4) is 11.5 Å². The van der Waals surface area contributed by atoms with Crippen LogP contribution >= 0.6 is 23.4 Å². The third-order valence-corrected chi connectivity index (χ3v) is 6.27. The summed E-state index contributed by atoms with van der Waals surface area (Å²) in [5, 5.41) is 7.28. The zero-order valence-corrected chi connectivity index (χ0v) is 21.7. The molecule has 1 heterocycles. The second kappa shape index (κ2) is 11.9. The number of hydrazone groups is 1. The fourth-order valence-corrected chi connectivity index (χ4v) is 4.55. The molecule has 0 radical (unpaired) electrons. The summed E-state index contributed by atoms with van der Waals surface area (Å²) in [6.07, 6.45) is 1.50. The molecule has 0 spiro atoms. The molecule has 184 valence electrons. The Balaban J connectivity index is 1.36. The Bertz CT molecular complexity index is 1410. The van der Waals surface area contributed by atoms with E-state index in [2.05, 4.69) is 44.8 Å². The lowest BCUT2D eigenvalue weighted by Gasteiger charge is -2.13. The molecule has 1 N–H and O–H groups in total. The van der Waals surface area contributed by atoms with E-state index in [1.807, 2.05) is 38.1 Å². The number of methoxy groups -OCH3 is 1. The first-order valence-corrected chi connectivity index (χ1v) is 12.5. The summed E-state index contributed by atoms with van der Waals surface area (Å²) in [5.41, 5.74) is 5.89. The number of halogens is 1. The van der Waals surface area contributed by atoms with E-state index in [1.165, 1.54) is 23.4 Å². The number of rotatable bonds is 9. The van der Waals surface area contributed by atoms with Gasteiger partial charge in [0.25, 0.3) is 5.91 Å². The lowest BCUT2D eigenvalue weighted by Crippen LogP contribution is -2.19. The third kappa shape index (κ3) is 6.74. The lowest BCUT2D eigenvalue weighted by atomic mass is 10.1. The number of benzene rings is 3. The molecule has 0 fully saturated rings. The maximum Gasteiger partial charge on any atom is 0.250 e. The summed E-state index contributed by atoms with van der Waals surface area (Å²) in [6, 6.07) is 19.7. The van der Waals surface area contributed by atoms with Gasteiger partial charge in [0, 0.05) is 11.4 Å². The lowest BCUT2D eigenvalue weighted by molar-refractivity contribution is -0.118. The normalized spacial score (nSPS) is 11.1. The highest BCUT2D eigenvalue weighted by Gasteiger charge is 2.12. The number of carbonyl (C=O) groups is 1. The largest absolute Gasteiger partial charge is 0.493 e. The van der Waals surface area contributed by atoms with E-state index in [4.69, 9.17) is 21.1 Å². The fraction of sp³-hybridized carbons (Fsp3) is 0.185. The Labute approximate surface area is 218 Å². The van der Waals surface area contributed by atoms with Crippen LogP contribution in [0.2, 0.25) is 5.02 Å². The standard InChI is InChI=1S/C27H25ClN4O3S/c1-17-10-18(2)31-27(30-17)36-16-25(33)32-29-14-20-12-23(28)26(24(13-20)34-3)35-15-19-8-9-21-6-4-5-7-22(21)11-19/h4-14H,15-16H2,1-3H3,(H,32,33)/b29-14-. The van der Waals surface area contributed by atoms with Gasteiger partial charge in [0.2, 0.25) is 0 Å². The number of nitrogens with one attached hydrogen (secondary N) is 1. The molecule has 0 bridgehead atoms. The van der Waals surface area contributed by atoms with Crippen LogP contribution in [-0.2, 0) is 11.4 Å². The number of nitrogens with zero attached hydrogens (tertiary/aromatic N) is 3. The number of hydrogen-bond donors (Lipinski definition) is 1. The number of thioether (sulfide) groups is 1. The highest BCUT2D eigenvalue weighted by Crippen LogP contribution is 2.36. The van der Waals surface area contributed by atoms with Crippen LogP contribution in [0.5, 0.6) is 11.5 Å². The average molecular weight is 521 g/mol. The first-order valence-electron chi connectivity index (χ1n) is 11.2. The zero-order valence-electron chi connectivity index (χ0n) is 20.1. The quantitative estimate of drug-likeness (QED) is 0.131. The molecule has 1 amide bonds. The molecule has 7 nitrogen and oxygen atoms in total. The van der Waals surface area contributed by atoms with Crippen molar-refractivity contribution in [1.29, 1.82) is 0 Å². The van der Waals surface area contributed by atoms with Crippen molar-refractivity contribution in [2.45, 2.75) is 25.6 Å². The molecule has 9 heteroatoms. The predicted molar refractivity (Wildman–Crippen MR) is 144 cm³/mol. The zero-order chi connectivity index (χ0) is 25.5. The second-order valence-corrected chi connectivity index (χ2v) is 9.37. The number of amides is 1. The molecule has 36 heavy (non-hydrogen) atoms. The molecule has 0 unspecified atom stereocenters. The maximum atomic E-state index is 12.2. The van der Waals surface area contributed by atoms with Gasteiger partial charge in [-0.1, -0.05) is 59.8 Å².